The Morgan fingerprint density at radius 3 is 2.90 bits per heavy atom. The van der Waals surface area contributed by atoms with Crippen LogP contribution in [0.2, 0.25) is 0 Å². The van der Waals surface area contributed by atoms with E-state index in [0.717, 1.165) is 12.0 Å². The number of anilines is 1. The number of urea groups is 1. The third-order valence-electron chi connectivity index (χ3n) is 3.43. The van der Waals surface area contributed by atoms with Crippen LogP contribution in [-0.2, 0) is 6.42 Å². The molecule has 20 heavy (non-hydrogen) atoms. The largest absolute Gasteiger partial charge is 0.478 e. The molecule has 5 nitrogen and oxygen atoms in total. The molecule has 0 saturated carbocycles. The van der Waals surface area contributed by atoms with Crippen LogP contribution in [0.5, 0.6) is 0 Å². The first-order valence-electron chi connectivity index (χ1n) is 6.60. The second-order valence-electron chi connectivity index (χ2n) is 4.84. The number of aromatic carboxylic acids is 1. The topological polar surface area (TPSA) is 69.6 Å². The molecule has 0 spiro atoms. The molecule has 5 heteroatoms. The van der Waals surface area contributed by atoms with Gasteiger partial charge < -0.3 is 10.4 Å². The van der Waals surface area contributed by atoms with E-state index >= 15 is 0 Å². The zero-order valence-electron chi connectivity index (χ0n) is 11.4. The molecular weight excluding hydrogens is 256 g/mol. The molecule has 0 radical (unpaired) electrons. The predicted molar refractivity (Wildman–Crippen MR) is 77.3 cm³/mol. The summed E-state index contributed by atoms with van der Waals surface area (Å²) in [5.74, 6) is -0.955. The fourth-order valence-electron chi connectivity index (χ4n) is 2.37. The lowest BCUT2D eigenvalue weighted by Crippen LogP contribution is -2.45. The number of amides is 2. The summed E-state index contributed by atoms with van der Waals surface area (Å²) in [6.45, 7) is 6.06. The number of nitrogens with one attached hydrogen (secondary N) is 1. The number of rotatable bonds is 3. The summed E-state index contributed by atoms with van der Waals surface area (Å²) in [7, 11) is 0. The van der Waals surface area contributed by atoms with Crippen molar-refractivity contribution in [1.82, 2.24) is 5.32 Å². The van der Waals surface area contributed by atoms with E-state index in [1.165, 1.54) is 0 Å². The number of carbonyl (C=O) groups excluding carboxylic acids is 1. The Kier molecular flexibility index (Phi) is 4.08. The van der Waals surface area contributed by atoms with E-state index in [4.69, 9.17) is 0 Å². The molecule has 1 aromatic rings. The van der Waals surface area contributed by atoms with Crippen molar-refractivity contribution in [2.24, 2.45) is 0 Å². The predicted octanol–water partition coefficient (Wildman–Crippen LogP) is 2.42. The Labute approximate surface area is 117 Å². The minimum Gasteiger partial charge on any atom is -0.478 e. The van der Waals surface area contributed by atoms with Crippen molar-refractivity contribution in [2.45, 2.75) is 25.8 Å². The second kappa shape index (κ2) is 5.77. The Bertz CT molecular complexity index is 554. The highest BCUT2D eigenvalue weighted by Gasteiger charge is 2.26. The summed E-state index contributed by atoms with van der Waals surface area (Å²) in [6.07, 6.45) is 3.09. The van der Waals surface area contributed by atoms with Crippen molar-refractivity contribution in [1.29, 1.82) is 0 Å². The summed E-state index contributed by atoms with van der Waals surface area (Å²) in [6, 6.07) is 4.69. The van der Waals surface area contributed by atoms with Crippen LogP contribution in [0.15, 0.2) is 30.9 Å². The van der Waals surface area contributed by atoms with Gasteiger partial charge in [0.2, 0.25) is 0 Å². The smallest absolute Gasteiger partial charge is 0.336 e. The Balaban J connectivity index is 2.33. The SMILES string of the molecule is C=CC(C)NC(=O)N1CCCc2c(C(=O)O)cccc21. The van der Waals surface area contributed by atoms with Gasteiger partial charge >= 0.3 is 12.0 Å². The number of carboxylic acids is 1. The second-order valence-corrected chi connectivity index (χ2v) is 4.84. The van der Waals surface area contributed by atoms with Gasteiger partial charge in [0.1, 0.15) is 0 Å². The average molecular weight is 274 g/mol. The fourth-order valence-corrected chi connectivity index (χ4v) is 2.37. The molecule has 0 bridgehead atoms. The molecule has 106 valence electrons. The van der Waals surface area contributed by atoms with Gasteiger partial charge in [-0.15, -0.1) is 6.58 Å². The molecule has 2 N–H and O–H groups in total. The number of fused-ring (bicyclic) bond motifs is 1. The molecule has 1 atom stereocenters. The minimum absolute atomic E-state index is 0.129. The third-order valence-corrected chi connectivity index (χ3v) is 3.43. The summed E-state index contributed by atoms with van der Waals surface area (Å²) in [5.41, 5.74) is 1.69. The highest BCUT2D eigenvalue weighted by Crippen LogP contribution is 2.30. The molecule has 0 aromatic heterocycles. The molecule has 0 saturated heterocycles. The first kappa shape index (κ1) is 14.1. The zero-order valence-corrected chi connectivity index (χ0v) is 11.4. The van der Waals surface area contributed by atoms with Gasteiger partial charge in [-0.1, -0.05) is 12.1 Å². The quantitative estimate of drug-likeness (QED) is 0.832. The van der Waals surface area contributed by atoms with Crippen LogP contribution in [0.4, 0.5) is 10.5 Å². The van der Waals surface area contributed by atoms with Crippen LogP contribution >= 0.6 is 0 Å². The number of nitrogens with zero attached hydrogens (tertiary/aromatic N) is 1. The Hall–Kier alpha value is -2.30. The summed E-state index contributed by atoms with van der Waals surface area (Å²) in [4.78, 5) is 25.1. The van der Waals surface area contributed by atoms with Crippen molar-refractivity contribution >= 4 is 17.7 Å². The van der Waals surface area contributed by atoms with Crippen LogP contribution in [0.25, 0.3) is 0 Å². The zero-order chi connectivity index (χ0) is 14.7. The maximum Gasteiger partial charge on any atom is 0.336 e. The van der Waals surface area contributed by atoms with Crippen molar-refractivity contribution < 1.29 is 14.7 Å². The van der Waals surface area contributed by atoms with E-state index in [0.29, 0.717) is 18.7 Å². The van der Waals surface area contributed by atoms with Crippen LogP contribution in [0.3, 0.4) is 0 Å². The van der Waals surface area contributed by atoms with Crippen LogP contribution in [-0.4, -0.2) is 29.7 Å². The molecule has 1 aliphatic heterocycles. The van der Waals surface area contributed by atoms with E-state index in [-0.39, 0.29) is 17.6 Å². The van der Waals surface area contributed by atoms with Crippen LogP contribution in [0.1, 0.15) is 29.3 Å². The number of hydrogen-bond acceptors (Lipinski definition) is 2. The highest BCUT2D eigenvalue weighted by molar-refractivity contribution is 5.97. The monoisotopic (exact) mass is 274 g/mol. The van der Waals surface area contributed by atoms with Gasteiger partial charge in [0, 0.05) is 18.3 Å². The van der Waals surface area contributed by atoms with Gasteiger partial charge in [0.25, 0.3) is 0 Å². The number of carbonyl (C=O) groups is 2. The van der Waals surface area contributed by atoms with Crippen molar-refractivity contribution in [3.05, 3.63) is 42.0 Å². The maximum atomic E-state index is 12.2. The highest BCUT2D eigenvalue weighted by atomic mass is 16.4. The van der Waals surface area contributed by atoms with Crippen LogP contribution in [0, 0.1) is 0 Å². The van der Waals surface area contributed by atoms with Crippen molar-refractivity contribution in [3.8, 4) is 0 Å². The van der Waals surface area contributed by atoms with E-state index in [1.54, 1.807) is 29.2 Å². The molecular formula is C15H18N2O3. The molecule has 1 unspecified atom stereocenters. The lowest BCUT2D eigenvalue weighted by atomic mass is 9.96. The number of benzene rings is 1. The van der Waals surface area contributed by atoms with E-state index < -0.39 is 5.97 Å². The van der Waals surface area contributed by atoms with E-state index in [9.17, 15) is 14.7 Å². The van der Waals surface area contributed by atoms with Gasteiger partial charge in [0.15, 0.2) is 0 Å². The maximum absolute atomic E-state index is 12.2. The molecule has 2 rings (SSSR count). The van der Waals surface area contributed by atoms with Gasteiger partial charge in [-0.2, -0.15) is 0 Å². The van der Waals surface area contributed by atoms with Crippen molar-refractivity contribution in [3.63, 3.8) is 0 Å². The summed E-state index contributed by atoms with van der Waals surface area (Å²) < 4.78 is 0. The van der Waals surface area contributed by atoms with Gasteiger partial charge in [0.05, 0.1) is 5.56 Å². The van der Waals surface area contributed by atoms with Gasteiger partial charge in [-0.3, -0.25) is 4.90 Å². The first-order chi connectivity index (χ1) is 9.54. The van der Waals surface area contributed by atoms with Gasteiger partial charge in [-0.05, 0) is 37.5 Å². The molecule has 2 amide bonds. The normalized spacial score (nSPS) is 15.2. The average Bonchev–Trinajstić information content (AvgIpc) is 2.45. The van der Waals surface area contributed by atoms with E-state index in [2.05, 4.69) is 11.9 Å². The Morgan fingerprint density at radius 1 is 1.50 bits per heavy atom. The number of carboxylic acid groups (broad SMARTS) is 1. The lowest BCUT2D eigenvalue weighted by Gasteiger charge is -2.31. The minimum atomic E-state index is -0.955. The molecule has 0 fully saturated rings. The molecule has 1 aliphatic rings. The standard InChI is InChI=1S/C15H18N2O3/c1-3-10(2)16-15(20)17-9-5-7-11-12(14(18)19)6-4-8-13(11)17/h3-4,6,8,10H,1,5,7,9H2,2H3,(H,16,20)(H,18,19). The number of hydrogen-bond donors (Lipinski definition) is 2. The summed E-state index contributed by atoms with van der Waals surface area (Å²) >= 11 is 0. The van der Waals surface area contributed by atoms with Gasteiger partial charge in [-0.25, -0.2) is 9.59 Å². The third kappa shape index (κ3) is 2.66. The first-order valence-corrected chi connectivity index (χ1v) is 6.60. The Morgan fingerprint density at radius 2 is 2.25 bits per heavy atom. The van der Waals surface area contributed by atoms with Crippen molar-refractivity contribution in [2.75, 3.05) is 11.4 Å². The summed E-state index contributed by atoms with van der Waals surface area (Å²) in [5, 5.41) is 12.0. The molecule has 0 aliphatic carbocycles. The lowest BCUT2D eigenvalue weighted by molar-refractivity contribution is 0.0695. The molecule has 1 aromatic carbocycles. The molecule has 1 heterocycles. The van der Waals surface area contributed by atoms with Crippen LogP contribution < -0.4 is 10.2 Å². The van der Waals surface area contributed by atoms with E-state index in [1.807, 2.05) is 6.92 Å². The fraction of sp³-hybridized carbons (Fsp3) is 0.333.